The number of carbonyl (C=O) groups excluding carboxylic acids is 1. The third-order valence-corrected chi connectivity index (χ3v) is 8.71. The van der Waals surface area contributed by atoms with E-state index in [2.05, 4.69) is 10.3 Å². The second-order valence-corrected chi connectivity index (χ2v) is 11.2. The first kappa shape index (κ1) is 24.6. The molecule has 3 aromatic carbocycles. The maximum absolute atomic E-state index is 13.5. The predicted molar refractivity (Wildman–Crippen MR) is 140 cm³/mol. The molecule has 0 aliphatic heterocycles. The highest BCUT2D eigenvalue weighted by atomic mass is 32.2. The number of aromatic nitrogens is 1. The number of carbonyl (C=O) groups is 1. The van der Waals surface area contributed by atoms with Crippen LogP contribution in [0.4, 0.5) is 18.9 Å². The Labute approximate surface area is 215 Å². The van der Waals surface area contributed by atoms with Crippen molar-refractivity contribution in [1.29, 1.82) is 0 Å². The van der Waals surface area contributed by atoms with Gasteiger partial charge in [0.25, 0.3) is 0 Å². The normalized spacial score (nSPS) is 14.0. The second kappa shape index (κ2) is 9.78. The average Bonchev–Trinajstić information content (AvgIpc) is 3.39. The monoisotopic (exact) mass is 527 g/mol. The van der Waals surface area contributed by atoms with Crippen LogP contribution in [-0.2, 0) is 10.2 Å². The van der Waals surface area contributed by atoms with Crippen molar-refractivity contribution in [3.05, 3.63) is 77.9 Å². The van der Waals surface area contributed by atoms with Crippen LogP contribution in [0.2, 0.25) is 0 Å². The van der Waals surface area contributed by atoms with Crippen molar-refractivity contribution in [2.75, 3.05) is 18.0 Å². The Kier molecular flexibility index (Phi) is 6.70. The van der Waals surface area contributed by atoms with Gasteiger partial charge in [-0.05, 0) is 53.3 Å². The minimum Gasteiger partial charge on any atom is -0.399 e. The molecule has 4 aromatic rings. The lowest BCUT2D eigenvalue weighted by Gasteiger charge is -2.31. The average molecular weight is 528 g/mol. The van der Waals surface area contributed by atoms with Gasteiger partial charge in [-0.25, -0.2) is 4.98 Å². The molecule has 0 atom stereocenters. The predicted octanol–water partition coefficient (Wildman–Crippen LogP) is 6.79. The maximum atomic E-state index is 13.5. The molecule has 3 N–H and O–H groups in total. The quantitative estimate of drug-likeness (QED) is 0.150. The van der Waals surface area contributed by atoms with Crippen molar-refractivity contribution in [3.63, 3.8) is 0 Å². The molecule has 9 heteroatoms. The highest BCUT2D eigenvalue weighted by Crippen LogP contribution is 2.51. The smallest absolute Gasteiger partial charge is 0.399 e. The van der Waals surface area contributed by atoms with E-state index >= 15 is 0 Å². The number of thiazole rings is 1. The number of halogens is 3. The number of nitrogens with one attached hydrogen (secondary N) is 1. The van der Waals surface area contributed by atoms with Gasteiger partial charge in [-0.15, -0.1) is 11.3 Å². The largest absolute Gasteiger partial charge is 0.405 e. The summed E-state index contributed by atoms with van der Waals surface area (Å²) in [5.41, 5.74) is 9.65. The molecule has 36 heavy (non-hydrogen) atoms. The van der Waals surface area contributed by atoms with E-state index in [4.69, 9.17) is 5.73 Å². The second-order valence-electron chi connectivity index (χ2n) is 8.81. The number of anilines is 1. The summed E-state index contributed by atoms with van der Waals surface area (Å²) in [6.45, 7) is -1.35. The maximum Gasteiger partial charge on any atom is 0.405 e. The minimum atomic E-state index is -4.48. The molecule has 186 valence electrons. The Hall–Kier alpha value is -3.04. The van der Waals surface area contributed by atoms with Crippen LogP contribution in [0.5, 0.6) is 0 Å². The lowest BCUT2D eigenvalue weighted by atomic mass is 9.73. The van der Waals surface area contributed by atoms with Crippen LogP contribution in [0.3, 0.4) is 0 Å². The van der Waals surface area contributed by atoms with Crippen LogP contribution >= 0.6 is 23.1 Å². The van der Waals surface area contributed by atoms with Gasteiger partial charge in [0.05, 0.1) is 10.2 Å². The molecule has 1 aliphatic rings. The first-order valence-corrected chi connectivity index (χ1v) is 13.4. The lowest BCUT2D eigenvalue weighted by Crippen LogP contribution is -2.47. The molecule has 0 bridgehead atoms. The Morgan fingerprint density at radius 3 is 2.33 bits per heavy atom. The van der Waals surface area contributed by atoms with Gasteiger partial charge in [0.2, 0.25) is 5.91 Å². The van der Waals surface area contributed by atoms with Crippen LogP contribution in [0.1, 0.15) is 30.4 Å². The molecule has 0 saturated carbocycles. The number of fused-ring (bicyclic) bond motifs is 4. The van der Waals surface area contributed by atoms with E-state index in [1.165, 1.54) is 0 Å². The molecular formula is C27H24F3N3OS2. The molecule has 1 heterocycles. The number of thioether (sulfide) groups is 1. The molecule has 1 aromatic heterocycles. The Morgan fingerprint density at radius 2 is 1.67 bits per heavy atom. The van der Waals surface area contributed by atoms with Gasteiger partial charge in [-0.1, -0.05) is 66.7 Å². The van der Waals surface area contributed by atoms with Crippen LogP contribution in [-0.4, -0.2) is 29.4 Å². The van der Waals surface area contributed by atoms with E-state index in [0.717, 1.165) is 49.0 Å². The summed E-state index contributed by atoms with van der Waals surface area (Å²) in [5.74, 6) is 0.187. The third-order valence-electron chi connectivity index (χ3n) is 6.47. The first-order chi connectivity index (χ1) is 17.3. The number of nitrogen functional groups attached to an aromatic ring is 1. The Balaban J connectivity index is 1.35. The molecule has 0 spiro atoms. The van der Waals surface area contributed by atoms with Gasteiger partial charge in [0.1, 0.15) is 12.0 Å². The highest BCUT2D eigenvalue weighted by molar-refractivity contribution is 8.01. The van der Waals surface area contributed by atoms with Gasteiger partial charge in [0, 0.05) is 11.4 Å². The van der Waals surface area contributed by atoms with Gasteiger partial charge in [0.15, 0.2) is 4.34 Å². The number of alkyl halides is 3. The SMILES string of the molecule is Nc1ccc2nc(SCCCCC3(C(=O)NCC(F)(F)F)c4ccccc4-c4ccccc43)sc2c1. The number of nitrogens with two attached hydrogens (primary N) is 1. The fourth-order valence-corrected chi connectivity index (χ4v) is 7.10. The highest BCUT2D eigenvalue weighted by Gasteiger charge is 2.49. The standard InChI is InChI=1S/C27H24F3N3OS2/c28-27(29,30)16-32-24(34)26(20-9-3-1-7-18(20)19-8-2-4-10-21(19)26)13-5-6-14-35-25-33-22-12-11-17(31)15-23(22)36-25/h1-4,7-12,15H,5-6,13-14,16,31H2,(H,32,34). The zero-order valence-electron chi connectivity index (χ0n) is 19.3. The van der Waals surface area contributed by atoms with Crippen LogP contribution in [0.25, 0.3) is 21.3 Å². The van der Waals surface area contributed by atoms with Crippen molar-refractivity contribution in [2.45, 2.75) is 35.2 Å². The molecule has 1 amide bonds. The minimum absolute atomic E-state index is 0.418. The van der Waals surface area contributed by atoms with Crippen molar-refractivity contribution < 1.29 is 18.0 Å². The first-order valence-electron chi connectivity index (χ1n) is 11.6. The number of unbranched alkanes of at least 4 members (excludes halogenated alkanes) is 1. The van der Waals surface area contributed by atoms with Crippen molar-refractivity contribution in [3.8, 4) is 11.1 Å². The van der Waals surface area contributed by atoms with Gasteiger partial charge < -0.3 is 11.1 Å². The van der Waals surface area contributed by atoms with E-state index < -0.39 is 24.0 Å². The summed E-state index contributed by atoms with van der Waals surface area (Å²) in [6.07, 6.45) is -2.59. The zero-order chi connectivity index (χ0) is 25.3. The van der Waals surface area contributed by atoms with E-state index in [9.17, 15) is 18.0 Å². The number of hydrogen-bond donors (Lipinski definition) is 2. The summed E-state index contributed by atoms with van der Waals surface area (Å²) in [6, 6.07) is 20.7. The van der Waals surface area contributed by atoms with Crippen LogP contribution in [0.15, 0.2) is 71.1 Å². The molecule has 1 aliphatic carbocycles. The lowest BCUT2D eigenvalue weighted by molar-refractivity contribution is -0.141. The zero-order valence-corrected chi connectivity index (χ0v) is 20.9. The summed E-state index contributed by atoms with van der Waals surface area (Å²) in [7, 11) is 0. The van der Waals surface area contributed by atoms with E-state index in [1.807, 2.05) is 66.7 Å². The van der Waals surface area contributed by atoms with Crippen LogP contribution < -0.4 is 11.1 Å². The molecule has 0 saturated heterocycles. The van der Waals surface area contributed by atoms with Crippen LogP contribution in [0, 0.1) is 0 Å². The van der Waals surface area contributed by atoms with E-state index in [1.54, 1.807) is 23.1 Å². The van der Waals surface area contributed by atoms with E-state index in [0.29, 0.717) is 18.5 Å². The summed E-state index contributed by atoms with van der Waals surface area (Å²) < 4.78 is 41.0. The number of amides is 1. The number of nitrogens with zero attached hydrogens (tertiary/aromatic N) is 1. The molecule has 4 nitrogen and oxygen atoms in total. The van der Waals surface area contributed by atoms with Crippen molar-refractivity contribution >= 4 is 44.9 Å². The molecule has 0 radical (unpaired) electrons. The molecule has 0 unspecified atom stereocenters. The molecule has 0 fully saturated rings. The Bertz CT molecular complexity index is 1370. The summed E-state index contributed by atoms with van der Waals surface area (Å²) >= 11 is 3.23. The topological polar surface area (TPSA) is 68.0 Å². The number of rotatable bonds is 8. The molecular weight excluding hydrogens is 503 g/mol. The van der Waals surface area contributed by atoms with Gasteiger partial charge in [-0.2, -0.15) is 13.2 Å². The summed E-state index contributed by atoms with van der Waals surface area (Å²) in [5, 5.41) is 2.19. The fraction of sp³-hybridized carbons (Fsp3) is 0.259. The number of hydrogen-bond acceptors (Lipinski definition) is 5. The third kappa shape index (κ3) is 4.69. The van der Waals surface area contributed by atoms with Gasteiger partial charge >= 0.3 is 6.18 Å². The molecule has 5 rings (SSSR count). The summed E-state index contributed by atoms with van der Waals surface area (Å²) in [4.78, 5) is 18.1. The number of benzene rings is 3. The van der Waals surface area contributed by atoms with E-state index in [-0.39, 0.29) is 0 Å². The van der Waals surface area contributed by atoms with Gasteiger partial charge in [-0.3, -0.25) is 4.79 Å². The fourth-order valence-electron chi connectivity index (χ4n) is 4.92. The Morgan fingerprint density at radius 1 is 1.00 bits per heavy atom. The van der Waals surface area contributed by atoms with Crippen molar-refractivity contribution in [1.82, 2.24) is 10.3 Å². The van der Waals surface area contributed by atoms with Crippen molar-refractivity contribution in [2.24, 2.45) is 0 Å².